The van der Waals surface area contributed by atoms with Crippen molar-refractivity contribution in [2.75, 3.05) is 25.0 Å². The van der Waals surface area contributed by atoms with Crippen LogP contribution in [0.25, 0.3) is 0 Å². The number of likely N-dealkylation sites (N-methyl/N-ethyl adjacent to an activating group) is 1. The molecule has 0 fully saturated rings. The van der Waals surface area contributed by atoms with Crippen LogP contribution in [0.4, 0.5) is 5.69 Å². The average molecular weight is 327 g/mol. The summed E-state index contributed by atoms with van der Waals surface area (Å²) in [6.07, 6.45) is -0.560. The lowest BCUT2D eigenvalue weighted by molar-refractivity contribution is -0.127. The Bertz CT molecular complexity index is 673. The van der Waals surface area contributed by atoms with Gasteiger partial charge in [-0.25, -0.2) is 13.1 Å². The number of fused-ring (bicyclic) bond motifs is 1. The molecule has 1 atom stereocenters. The zero-order valence-corrected chi connectivity index (χ0v) is 13.7. The second-order valence-corrected chi connectivity index (χ2v) is 7.26. The van der Waals surface area contributed by atoms with Gasteiger partial charge in [0.05, 0.1) is 10.6 Å². The van der Waals surface area contributed by atoms with E-state index >= 15 is 0 Å². The van der Waals surface area contributed by atoms with Gasteiger partial charge in [-0.15, -0.1) is 0 Å². The molecule has 1 aliphatic heterocycles. The Morgan fingerprint density at radius 3 is 2.68 bits per heavy atom. The summed E-state index contributed by atoms with van der Waals surface area (Å²) >= 11 is 0. The lowest BCUT2D eigenvalue weighted by Crippen LogP contribution is -2.46. The standard InChI is InChI=1S/C14H21N3O4S/c1-9(2)13-14(18)17(3)11-8-10(4-5-12(11)21-13)22(19,20)16-7-6-15/h4-5,8-9,13,16H,6-7,15H2,1-3H3. The van der Waals surface area contributed by atoms with E-state index in [0.29, 0.717) is 11.4 Å². The zero-order chi connectivity index (χ0) is 16.5. The van der Waals surface area contributed by atoms with Crippen molar-refractivity contribution in [3.05, 3.63) is 18.2 Å². The minimum absolute atomic E-state index is 0.0257. The number of amides is 1. The van der Waals surface area contributed by atoms with Crippen LogP contribution in [0.3, 0.4) is 0 Å². The molecule has 2 rings (SSSR count). The molecule has 0 bridgehead atoms. The van der Waals surface area contributed by atoms with Crippen molar-refractivity contribution < 1.29 is 17.9 Å². The van der Waals surface area contributed by atoms with Crippen LogP contribution < -0.4 is 20.1 Å². The Balaban J connectivity index is 2.39. The Labute approximate surface area is 130 Å². The van der Waals surface area contributed by atoms with Gasteiger partial charge in [-0.1, -0.05) is 13.8 Å². The highest BCUT2D eigenvalue weighted by molar-refractivity contribution is 7.89. The molecule has 1 aliphatic rings. The zero-order valence-electron chi connectivity index (χ0n) is 12.9. The van der Waals surface area contributed by atoms with Crippen LogP contribution in [0.15, 0.2) is 23.1 Å². The number of rotatable bonds is 5. The van der Waals surface area contributed by atoms with E-state index in [1.54, 1.807) is 13.1 Å². The molecular formula is C14H21N3O4S. The van der Waals surface area contributed by atoms with Crippen molar-refractivity contribution in [1.29, 1.82) is 0 Å². The maximum Gasteiger partial charge on any atom is 0.268 e. The molecule has 0 radical (unpaired) electrons. The molecule has 1 unspecified atom stereocenters. The van der Waals surface area contributed by atoms with Crippen LogP contribution in [-0.2, 0) is 14.8 Å². The molecule has 1 aromatic carbocycles. The Kier molecular flexibility index (Phi) is 4.74. The molecule has 1 heterocycles. The Morgan fingerprint density at radius 2 is 2.09 bits per heavy atom. The highest BCUT2D eigenvalue weighted by Gasteiger charge is 2.35. The summed E-state index contributed by atoms with van der Waals surface area (Å²) < 4.78 is 32.3. The molecule has 0 aromatic heterocycles. The second-order valence-electron chi connectivity index (χ2n) is 5.50. The fraction of sp³-hybridized carbons (Fsp3) is 0.500. The summed E-state index contributed by atoms with van der Waals surface area (Å²) in [5.74, 6) is 0.336. The van der Waals surface area contributed by atoms with Crippen LogP contribution in [0.5, 0.6) is 5.75 Å². The van der Waals surface area contributed by atoms with Gasteiger partial charge in [-0.05, 0) is 24.1 Å². The van der Waals surface area contributed by atoms with E-state index in [9.17, 15) is 13.2 Å². The third-order valence-corrected chi connectivity index (χ3v) is 4.93. The van der Waals surface area contributed by atoms with Gasteiger partial charge in [0.25, 0.3) is 5.91 Å². The third kappa shape index (κ3) is 3.08. The number of nitrogens with one attached hydrogen (secondary N) is 1. The number of ether oxygens (including phenoxy) is 1. The quantitative estimate of drug-likeness (QED) is 0.810. The molecular weight excluding hydrogens is 306 g/mol. The first-order valence-electron chi connectivity index (χ1n) is 7.06. The maximum atomic E-state index is 12.3. The first-order valence-corrected chi connectivity index (χ1v) is 8.54. The first kappa shape index (κ1) is 16.7. The molecule has 1 aromatic rings. The fourth-order valence-electron chi connectivity index (χ4n) is 2.22. The Morgan fingerprint density at radius 1 is 1.41 bits per heavy atom. The van der Waals surface area contributed by atoms with Crippen molar-refractivity contribution in [2.45, 2.75) is 24.8 Å². The van der Waals surface area contributed by atoms with E-state index < -0.39 is 16.1 Å². The van der Waals surface area contributed by atoms with Gasteiger partial charge < -0.3 is 15.4 Å². The topological polar surface area (TPSA) is 102 Å². The molecule has 8 heteroatoms. The van der Waals surface area contributed by atoms with E-state index in [-0.39, 0.29) is 29.8 Å². The smallest absolute Gasteiger partial charge is 0.268 e. The molecule has 0 aliphatic carbocycles. The maximum absolute atomic E-state index is 12.3. The molecule has 0 spiro atoms. The van der Waals surface area contributed by atoms with Gasteiger partial charge in [-0.2, -0.15) is 0 Å². The van der Waals surface area contributed by atoms with Crippen molar-refractivity contribution >= 4 is 21.6 Å². The van der Waals surface area contributed by atoms with E-state index in [1.165, 1.54) is 17.0 Å². The summed E-state index contributed by atoms with van der Waals surface area (Å²) in [5, 5.41) is 0. The normalized spacial score (nSPS) is 18.3. The molecule has 0 saturated carbocycles. The summed E-state index contributed by atoms with van der Waals surface area (Å²) in [5.41, 5.74) is 5.75. The highest BCUT2D eigenvalue weighted by atomic mass is 32.2. The number of anilines is 1. The van der Waals surface area contributed by atoms with Crippen LogP contribution in [0.2, 0.25) is 0 Å². The summed E-state index contributed by atoms with van der Waals surface area (Å²) in [4.78, 5) is 13.8. The van der Waals surface area contributed by atoms with Crippen molar-refractivity contribution in [1.82, 2.24) is 4.72 Å². The van der Waals surface area contributed by atoms with E-state index in [2.05, 4.69) is 4.72 Å². The van der Waals surface area contributed by atoms with Crippen molar-refractivity contribution in [3.63, 3.8) is 0 Å². The van der Waals surface area contributed by atoms with E-state index in [0.717, 1.165) is 0 Å². The number of hydrogen-bond donors (Lipinski definition) is 2. The predicted octanol–water partition coefficient (Wildman–Crippen LogP) is 0.303. The lowest BCUT2D eigenvalue weighted by Gasteiger charge is -2.34. The summed E-state index contributed by atoms with van der Waals surface area (Å²) in [7, 11) is -2.04. The number of carbonyl (C=O) groups is 1. The first-order chi connectivity index (χ1) is 10.3. The van der Waals surface area contributed by atoms with E-state index in [4.69, 9.17) is 10.5 Å². The van der Waals surface area contributed by atoms with Gasteiger partial charge in [0.15, 0.2) is 6.10 Å². The highest BCUT2D eigenvalue weighted by Crippen LogP contribution is 2.36. The molecule has 122 valence electrons. The van der Waals surface area contributed by atoms with Gasteiger partial charge >= 0.3 is 0 Å². The SMILES string of the molecule is CC(C)C1Oc2ccc(S(=O)(=O)NCCN)cc2N(C)C1=O. The number of hydrogen-bond acceptors (Lipinski definition) is 5. The second kappa shape index (κ2) is 6.23. The number of nitrogens with two attached hydrogens (primary N) is 1. The number of sulfonamides is 1. The monoisotopic (exact) mass is 327 g/mol. The molecule has 22 heavy (non-hydrogen) atoms. The van der Waals surface area contributed by atoms with Gasteiger partial charge in [0, 0.05) is 20.1 Å². The summed E-state index contributed by atoms with van der Waals surface area (Å²) in [6.45, 7) is 4.16. The van der Waals surface area contributed by atoms with Gasteiger partial charge in [0.2, 0.25) is 10.0 Å². The Hall–Kier alpha value is -1.64. The van der Waals surface area contributed by atoms with Crippen LogP contribution in [0.1, 0.15) is 13.8 Å². The molecule has 0 saturated heterocycles. The van der Waals surface area contributed by atoms with Gasteiger partial charge in [0.1, 0.15) is 5.75 Å². The average Bonchev–Trinajstić information content (AvgIpc) is 2.48. The number of nitrogens with zero attached hydrogens (tertiary/aromatic N) is 1. The minimum Gasteiger partial charge on any atom is -0.478 e. The third-order valence-electron chi connectivity index (χ3n) is 3.47. The van der Waals surface area contributed by atoms with Crippen molar-refractivity contribution in [3.8, 4) is 5.75 Å². The lowest BCUT2D eigenvalue weighted by atomic mass is 10.0. The van der Waals surface area contributed by atoms with E-state index in [1.807, 2.05) is 13.8 Å². The number of carbonyl (C=O) groups excluding carboxylic acids is 1. The molecule has 3 N–H and O–H groups in total. The van der Waals surface area contributed by atoms with Crippen molar-refractivity contribution in [2.24, 2.45) is 11.7 Å². The predicted molar refractivity (Wildman–Crippen MR) is 83.3 cm³/mol. The minimum atomic E-state index is -3.65. The van der Waals surface area contributed by atoms with Gasteiger partial charge in [-0.3, -0.25) is 4.79 Å². The molecule has 7 nitrogen and oxygen atoms in total. The summed E-state index contributed by atoms with van der Waals surface area (Å²) in [6, 6.07) is 4.46. The largest absolute Gasteiger partial charge is 0.478 e. The number of benzene rings is 1. The van der Waals surface area contributed by atoms with Crippen LogP contribution in [-0.4, -0.2) is 40.6 Å². The van der Waals surface area contributed by atoms with Crippen LogP contribution in [0, 0.1) is 5.92 Å². The molecule has 1 amide bonds. The van der Waals surface area contributed by atoms with Crippen LogP contribution >= 0.6 is 0 Å². The fourth-order valence-corrected chi connectivity index (χ4v) is 3.29.